The molecule has 94 valence electrons. The molecule has 1 aromatic heterocycles. The molecule has 0 N–H and O–H groups in total. The summed E-state index contributed by atoms with van der Waals surface area (Å²) in [5, 5.41) is 4.09. The fourth-order valence-electron chi connectivity index (χ4n) is 1.95. The van der Waals surface area contributed by atoms with Gasteiger partial charge in [-0.3, -0.25) is 9.48 Å². The van der Waals surface area contributed by atoms with Crippen molar-refractivity contribution >= 4 is 21.7 Å². The average molecular weight is 307 g/mol. The lowest BCUT2D eigenvalue weighted by molar-refractivity contribution is 0.0898. The van der Waals surface area contributed by atoms with Crippen molar-refractivity contribution in [3.8, 4) is 0 Å². The van der Waals surface area contributed by atoms with Gasteiger partial charge in [0, 0.05) is 7.05 Å². The Kier molecular flexibility index (Phi) is 3.39. The van der Waals surface area contributed by atoms with Gasteiger partial charge in [0.25, 0.3) is 0 Å². The molecule has 0 aliphatic rings. The van der Waals surface area contributed by atoms with Gasteiger partial charge in [-0.1, -0.05) is 30.3 Å². The number of benzene rings is 1. The molecule has 18 heavy (non-hydrogen) atoms. The molecular formula is C14H15BrN2O. The number of hydrogen-bond donors (Lipinski definition) is 0. The third-order valence-electron chi connectivity index (χ3n) is 3.17. The minimum Gasteiger partial charge on any atom is -0.291 e. The van der Waals surface area contributed by atoms with Gasteiger partial charge in [-0.05, 0) is 35.3 Å². The van der Waals surface area contributed by atoms with Crippen LogP contribution in [0.4, 0.5) is 0 Å². The number of hydrogen-bond acceptors (Lipinski definition) is 2. The van der Waals surface area contributed by atoms with E-state index in [1.807, 2.05) is 44.2 Å². The van der Waals surface area contributed by atoms with Crippen LogP contribution in [0.2, 0.25) is 0 Å². The number of Topliss-reactive ketones (excluding diaryl/α,β-unsaturated/α-hetero) is 1. The Hall–Kier alpha value is -1.42. The molecule has 1 aromatic carbocycles. The third-order valence-corrected chi connectivity index (χ3v) is 3.75. The lowest BCUT2D eigenvalue weighted by Crippen LogP contribution is -2.31. The SMILES string of the molecule is Cn1ncc(Br)c1C(=O)C(C)(C)c1ccccc1. The van der Waals surface area contributed by atoms with Crippen molar-refractivity contribution in [2.75, 3.05) is 0 Å². The molecule has 0 fully saturated rings. The number of carbonyl (C=O) groups is 1. The number of ketones is 1. The number of carbonyl (C=O) groups excluding carboxylic acids is 1. The van der Waals surface area contributed by atoms with Crippen molar-refractivity contribution in [2.45, 2.75) is 19.3 Å². The van der Waals surface area contributed by atoms with Crippen LogP contribution in [0.5, 0.6) is 0 Å². The van der Waals surface area contributed by atoms with E-state index < -0.39 is 5.41 Å². The highest BCUT2D eigenvalue weighted by Gasteiger charge is 2.33. The Morgan fingerprint density at radius 2 is 1.89 bits per heavy atom. The third kappa shape index (κ3) is 2.12. The van der Waals surface area contributed by atoms with Gasteiger partial charge in [0.1, 0.15) is 5.69 Å². The summed E-state index contributed by atoms with van der Waals surface area (Å²) in [6.07, 6.45) is 1.65. The smallest absolute Gasteiger partial charge is 0.191 e. The van der Waals surface area contributed by atoms with Crippen LogP contribution in [-0.4, -0.2) is 15.6 Å². The van der Waals surface area contributed by atoms with Crippen LogP contribution >= 0.6 is 15.9 Å². The molecule has 0 aliphatic carbocycles. The van der Waals surface area contributed by atoms with Crippen molar-refractivity contribution in [3.63, 3.8) is 0 Å². The van der Waals surface area contributed by atoms with Crippen LogP contribution in [-0.2, 0) is 12.5 Å². The van der Waals surface area contributed by atoms with Gasteiger partial charge in [0.2, 0.25) is 0 Å². The lowest BCUT2D eigenvalue weighted by atomic mass is 9.79. The molecular weight excluding hydrogens is 292 g/mol. The van der Waals surface area contributed by atoms with Gasteiger partial charge in [-0.25, -0.2) is 0 Å². The topological polar surface area (TPSA) is 34.9 Å². The van der Waals surface area contributed by atoms with Gasteiger partial charge >= 0.3 is 0 Å². The predicted molar refractivity (Wildman–Crippen MR) is 74.7 cm³/mol. The maximum atomic E-state index is 12.7. The summed E-state index contributed by atoms with van der Waals surface area (Å²) in [5.41, 5.74) is 1.03. The van der Waals surface area contributed by atoms with E-state index in [2.05, 4.69) is 21.0 Å². The Morgan fingerprint density at radius 3 is 2.39 bits per heavy atom. The minimum atomic E-state index is -0.572. The van der Waals surface area contributed by atoms with E-state index in [0.29, 0.717) is 5.69 Å². The van der Waals surface area contributed by atoms with Crippen LogP contribution in [0.25, 0.3) is 0 Å². The summed E-state index contributed by atoms with van der Waals surface area (Å²) < 4.78 is 2.34. The van der Waals surface area contributed by atoms with Crippen molar-refractivity contribution in [3.05, 3.63) is 52.3 Å². The molecule has 0 bridgehead atoms. The van der Waals surface area contributed by atoms with E-state index in [1.165, 1.54) is 0 Å². The van der Waals surface area contributed by atoms with E-state index in [-0.39, 0.29) is 5.78 Å². The van der Waals surface area contributed by atoms with Crippen LogP contribution in [0.15, 0.2) is 41.0 Å². The molecule has 2 aromatic rings. The maximum Gasteiger partial charge on any atom is 0.191 e. The number of halogens is 1. The normalized spacial score (nSPS) is 11.6. The van der Waals surface area contributed by atoms with Crippen molar-refractivity contribution in [1.82, 2.24) is 9.78 Å². The van der Waals surface area contributed by atoms with Gasteiger partial charge in [0.05, 0.1) is 16.1 Å². The van der Waals surface area contributed by atoms with Gasteiger partial charge in [-0.2, -0.15) is 5.10 Å². The molecule has 0 saturated heterocycles. The molecule has 1 heterocycles. The molecule has 0 saturated carbocycles. The summed E-state index contributed by atoms with van der Waals surface area (Å²) >= 11 is 3.38. The summed E-state index contributed by atoms with van der Waals surface area (Å²) in [4.78, 5) is 12.7. The van der Waals surface area contributed by atoms with Gasteiger partial charge in [-0.15, -0.1) is 0 Å². The second-order valence-electron chi connectivity index (χ2n) is 4.78. The standard InChI is InChI=1S/C14H15BrN2O/c1-14(2,10-7-5-4-6-8-10)13(18)12-11(15)9-16-17(12)3/h4-9H,1-3H3. The van der Waals surface area contributed by atoms with E-state index >= 15 is 0 Å². The van der Waals surface area contributed by atoms with Crippen LogP contribution < -0.4 is 0 Å². The predicted octanol–water partition coefficient (Wildman–Crippen LogP) is 3.34. The zero-order valence-corrected chi connectivity index (χ0v) is 12.2. The summed E-state index contributed by atoms with van der Waals surface area (Å²) in [6, 6.07) is 9.79. The Bertz CT molecular complexity index is 553. The number of aromatic nitrogens is 2. The van der Waals surface area contributed by atoms with Crippen LogP contribution in [0, 0.1) is 0 Å². The molecule has 0 amide bonds. The molecule has 0 unspecified atom stereocenters. The fraction of sp³-hybridized carbons (Fsp3) is 0.286. The molecule has 0 atom stereocenters. The lowest BCUT2D eigenvalue weighted by Gasteiger charge is -2.23. The van der Waals surface area contributed by atoms with Crippen molar-refractivity contribution in [1.29, 1.82) is 0 Å². The summed E-state index contributed by atoms with van der Waals surface area (Å²) in [5.74, 6) is 0.0561. The van der Waals surface area contributed by atoms with Gasteiger partial charge < -0.3 is 0 Å². The maximum absolute atomic E-state index is 12.7. The van der Waals surface area contributed by atoms with Crippen LogP contribution in [0.3, 0.4) is 0 Å². The monoisotopic (exact) mass is 306 g/mol. The fourth-order valence-corrected chi connectivity index (χ4v) is 2.48. The first-order chi connectivity index (χ1) is 8.44. The first kappa shape index (κ1) is 13.0. The Labute approximate surface area is 115 Å². The summed E-state index contributed by atoms with van der Waals surface area (Å²) in [6.45, 7) is 3.87. The molecule has 0 spiro atoms. The zero-order valence-electron chi connectivity index (χ0n) is 10.6. The largest absolute Gasteiger partial charge is 0.291 e. The molecule has 3 nitrogen and oxygen atoms in total. The number of rotatable bonds is 3. The zero-order chi connectivity index (χ0) is 13.3. The highest BCUT2D eigenvalue weighted by molar-refractivity contribution is 9.10. The number of aryl methyl sites for hydroxylation is 1. The van der Waals surface area contributed by atoms with Gasteiger partial charge in [0.15, 0.2) is 5.78 Å². The summed E-state index contributed by atoms with van der Waals surface area (Å²) in [7, 11) is 1.78. The van der Waals surface area contributed by atoms with E-state index in [0.717, 1.165) is 10.0 Å². The Morgan fingerprint density at radius 1 is 1.28 bits per heavy atom. The van der Waals surface area contributed by atoms with E-state index in [1.54, 1.807) is 17.9 Å². The first-order valence-corrected chi connectivity index (χ1v) is 6.51. The van der Waals surface area contributed by atoms with Crippen LogP contribution in [0.1, 0.15) is 29.9 Å². The average Bonchev–Trinajstić information content (AvgIpc) is 2.69. The second kappa shape index (κ2) is 4.69. The van der Waals surface area contributed by atoms with Crippen molar-refractivity contribution in [2.24, 2.45) is 7.05 Å². The molecule has 2 rings (SSSR count). The van der Waals surface area contributed by atoms with E-state index in [4.69, 9.17) is 0 Å². The molecule has 4 heteroatoms. The highest BCUT2D eigenvalue weighted by atomic mass is 79.9. The molecule has 0 aliphatic heterocycles. The minimum absolute atomic E-state index is 0.0561. The quantitative estimate of drug-likeness (QED) is 0.815. The first-order valence-electron chi connectivity index (χ1n) is 5.72. The molecule has 0 radical (unpaired) electrons. The Balaban J connectivity index is 2.46. The van der Waals surface area contributed by atoms with E-state index in [9.17, 15) is 4.79 Å². The second-order valence-corrected chi connectivity index (χ2v) is 5.64. The highest BCUT2D eigenvalue weighted by Crippen LogP contribution is 2.30. The van der Waals surface area contributed by atoms with Crippen molar-refractivity contribution < 1.29 is 4.79 Å². The number of nitrogens with zero attached hydrogens (tertiary/aromatic N) is 2.